The van der Waals surface area contributed by atoms with E-state index in [-0.39, 0.29) is 0 Å². The standard InChI is InChI=1S/C16H20N4/c1-5-15(14-8-6-11(2)7-9-14)19-20-16-17-12(3)10-13(4)18-16/h6-10H,5H2,1-4H3,(H,17,18,20)/b19-15-. The molecule has 0 aliphatic heterocycles. The Balaban J connectivity index is 2.21. The first-order valence-electron chi connectivity index (χ1n) is 6.80. The molecule has 2 aromatic rings. The van der Waals surface area contributed by atoms with E-state index in [2.05, 4.69) is 58.6 Å². The summed E-state index contributed by atoms with van der Waals surface area (Å²) in [7, 11) is 0. The number of aryl methyl sites for hydroxylation is 3. The van der Waals surface area contributed by atoms with Crippen LogP contribution in [0.2, 0.25) is 0 Å². The van der Waals surface area contributed by atoms with Crippen molar-refractivity contribution in [3.63, 3.8) is 0 Å². The molecule has 20 heavy (non-hydrogen) atoms. The van der Waals surface area contributed by atoms with Gasteiger partial charge in [-0.15, -0.1) is 0 Å². The van der Waals surface area contributed by atoms with Gasteiger partial charge in [0.2, 0.25) is 5.95 Å². The molecule has 1 aromatic carbocycles. The molecule has 1 heterocycles. The number of benzene rings is 1. The SMILES string of the molecule is CC/C(=N/Nc1nc(C)cc(C)n1)c1ccc(C)cc1. The lowest BCUT2D eigenvalue weighted by Gasteiger charge is -2.06. The molecule has 0 unspecified atom stereocenters. The molecule has 0 aliphatic carbocycles. The fourth-order valence-corrected chi connectivity index (χ4v) is 1.99. The highest BCUT2D eigenvalue weighted by atomic mass is 15.4. The Morgan fingerprint density at radius 1 is 1.05 bits per heavy atom. The molecular formula is C16H20N4. The van der Waals surface area contributed by atoms with E-state index in [4.69, 9.17) is 0 Å². The molecule has 0 saturated heterocycles. The maximum Gasteiger partial charge on any atom is 0.243 e. The Morgan fingerprint density at radius 3 is 2.20 bits per heavy atom. The van der Waals surface area contributed by atoms with Crippen LogP contribution in [0.1, 0.15) is 35.9 Å². The number of hydrazone groups is 1. The molecule has 0 aliphatic rings. The van der Waals surface area contributed by atoms with Gasteiger partial charge in [-0.2, -0.15) is 5.10 Å². The summed E-state index contributed by atoms with van der Waals surface area (Å²) in [6.07, 6.45) is 0.848. The third-order valence-electron chi connectivity index (χ3n) is 2.99. The average molecular weight is 268 g/mol. The maximum absolute atomic E-state index is 4.44. The Labute approximate surface area is 120 Å². The van der Waals surface area contributed by atoms with Crippen LogP contribution in [-0.2, 0) is 0 Å². The van der Waals surface area contributed by atoms with Gasteiger partial charge in [0.25, 0.3) is 0 Å². The van der Waals surface area contributed by atoms with E-state index in [1.165, 1.54) is 5.56 Å². The third kappa shape index (κ3) is 3.63. The maximum atomic E-state index is 4.44. The number of hydrogen-bond acceptors (Lipinski definition) is 4. The van der Waals surface area contributed by atoms with Gasteiger partial charge in [0.15, 0.2) is 0 Å². The lowest BCUT2D eigenvalue weighted by atomic mass is 10.1. The molecule has 104 valence electrons. The molecule has 0 spiro atoms. The van der Waals surface area contributed by atoms with Gasteiger partial charge in [-0.25, -0.2) is 15.4 Å². The van der Waals surface area contributed by atoms with Crippen molar-refractivity contribution in [2.24, 2.45) is 5.10 Å². The van der Waals surface area contributed by atoms with Crippen LogP contribution in [-0.4, -0.2) is 15.7 Å². The Kier molecular flexibility index (Phi) is 4.45. The molecule has 0 saturated carbocycles. The van der Waals surface area contributed by atoms with Crippen LogP contribution in [0.4, 0.5) is 5.95 Å². The number of aromatic nitrogens is 2. The molecule has 0 radical (unpaired) electrons. The summed E-state index contributed by atoms with van der Waals surface area (Å²) in [5, 5.41) is 4.44. The lowest BCUT2D eigenvalue weighted by molar-refractivity contribution is 1.03. The summed E-state index contributed by atoms with van der Waals surface area (Å²) in [5.41, 5.74) is 8.18. The van der Waals surface area contributed by atoms with Crippen molar-refractivity contribution in [1.29, 1.82) is 0 Å². The molecule has 4 heteroatoms. The van der Waals surface area contributed by atoms with Crippen molar-refractivity contribution in [3.8, 4) is 0 Å². The normalized spacial score (nSPS) is 11.5. The van der Waals surface area contributed by atoms with Crippen molar-refractivity contribution in [1.82, 2.24) is 9.97 Å². The lowest BCUT2D eigenvalue weighted by Crippen LogP contribution is -2.06. The molecular weight excluding hydrogens is 248 g/mol. The summed E-state index contributed by atoms with van der Waals surface area (Å²) in [4.78, 5) is 8.64. The predicted molar refractivity (Wildman–Crippen MR) is 83.1 cm³/mol. The molecule has 4 nitrogen and oxygen atoms in total. The van der Waals surface area contributed by atoms with Crippen LogP contribution in [0.5, 0.6) is 0 Å². The van der Waals surface area contributed by atoms with Gasteiger partial charge in [-0.1, -0.05) is 36.8 Å². The van der Waals surface area contributed by atoms with Crippen LogP contribution in [0, 0.1) is 20.8 Å². The summed E-state index contributed by atoms with van der Waals surface area (Å²) in [6, 6.07) is 10.3. The van der Waals surface area contributed by atoms with E-state index in [1.807, 2.05) is 19.9 Å². The zero-order chi connectivity index (χ0) is 14.5. The zero-order valence-corrected chi connectivity index (χ0v) is 12.4. The predicted octanol–water partition coefficient (Wildman–Crippen LogP) is 3.63. The summed E-state index contributed by atoms with van der Waals surface area (Å²) < 4.78 is 0. The van der Waals surface area contributed by atoms with Gasteiger partial charge in [0, 0.05) is 11.4 Å². The molecule has 1 N–H and O–H groups in total. The second kappa shape index (κ2) is 6.28. The number of hydrogen-bond donors (Lipinski definition) is 1. The number of anilines is 1. The summed E-state index contributed by atoms with van der Waals surface area (Å²) in [6.45, 7) is 8.06. The van der Waals surface area contributed by atoms with Crippen molar-refractivity contribution in [3.05, 3.63) is 52.8 Å². The monoisotopic (exact) mass is 268 g/mol. The van der Waals surface area contributed by atoms with E-state index < -0.39 is 0 Å². The fraction of sp³-hybridized carbons (Fsp3) is 0.312. The minimum atomic E-state index is 0.542. The zero-order valence-electron chi connectivity index (χ0n) is 12.4. The van der Waals surface area contributed by atoms with Crippen LogP contribution < -0.4 is 5.43 Å². The van der Waals surface area contributed by atoms with Crippen LogP contribution in [0.15, 0.2) is 35.4 Å². The second-order valence-electron chi connectivity index (χ2n) is 4.86. The van der Waals surface area contributed by atoms with Crippen LogP contribution in [0.25, 0.3) is 0 Å². The highest BCUT2D eigenvalue weighted by Gasteiger charge is 2.02. The van der Waals surface area contributed by atoms with E-state index >= 15 is 0 Å². The first-order valence-corrected chi connectivity index (χ1v) is 6.80. The molecule has 0 fully saturated rings. The van der Waals surface area contributed by atoms with Gasteiger partial charge < -0.3 is 0 Å². The van der Waals surface area contributed by atoms with Crippen molar-refractivity contribution in [2.45, 2.75) is 34.1 Å². The van der Waals surface area contributed by atoms with Crippen LogP contribution >= 0.6 is 0 Å². The summed E-state index contributed by atoms with van der Waals surface area (Å²) >= 11 is 0. The summed E-state index contributed by atoms with van der Waals surface area (Å²) in [5.74, 6) is 0.542. The molecule has 0 bridgehead atoms. The minimum absolute atomic E-state index is 0.542. The fourth-order valence-electron chi connectivity index (χ4n) is 1.99. The number of rotatable bonds is 4. The van der Waals surface area contributed by atoms with Crippen molar-refractivity contribution < 1.29 is 0 Å². The Hall–Kier alpha value is -2.23. The van der Waals surface area contributed by atoms with E-state index in [9.17, 15) is 0 Å². The van der Waals surface area contributed by atoms with Gasteiger partial charge in [-0.05, 0) is 38.8 Å². The number of nitrogens with one attached hydrogen (secondary N) is 1. The highest BCUT2D eigenvalue weighted by Crippen LogP contribution is 2.09. The smallest absolute Gasteiger partial charge is 0.243 e. The van der Waals surface area contributed by atoms with E-state index in [1.54, 1.807) is 0 Å². The van der Waals surface area contributed by atoms with Crippen molar-refractivity contribution >= 4 is 11.7 Å². The van der Waals surface area contributed by atoms with Gasteiger partial charge in [0.05, 0.1) is 5.71 Å². The van der Waals surface area contributed by atoms with Gasteiger partial charge in [-0.3, -0.25) is 0 Å². The Bertz CT molecular complexity index is 595. The molecule has 0 amide bonds. The van der Waals surface area contributed by atoms with E-state index in [0.29, 0.717) is 5.95 Å². The second-order valence-corrected chi connectivity index (χ2v) is 4.86. The quantitative estimate of drug-likeness (QED) is 0.680. The Morgan fingerprint density at radius 2 is 1.65 bits per heavy atom. The molecule has 1 aromatic heterocycles. The topological polar surface area (TPSA) is 50.2 Å². The third-order valence-corrected chi connectivity index (χ3v) is 2.99. The van der Waals surface area contributed by atoms with Crippen molar-refractivity contribution in [2.75, 3.05) is 5.43 Å². The number of nitrogens with zero attached hydrogens (tertiary/aromatic N) is 3. The molecule has 0 atom stereocenters. The van der Waals surface area contributed by atoms with E-state index in [0.717, 1.165) is 29.1 Å². The highest BCUT2D eigenvalue weighted by molar-refractivity contribution is 6.00. The molecule has 2 rings (SSSR count). The average Bonchev–Trinajstić information content (AvgIpc) is 2.40. The minimum Gasteiger partial charge on any atom is -0.245 e. The van der Waals surface area contributed by atoms with Gasteiger partial charge in [0.1, 0.15) is 0 Å². The van der Waals surface area contributed by atoms with Gasteiger partial charge >= 0.3 is 0 Å². The van der Waals surface area contributed by atoms with Crippen LogP contribution in [0.3, 0.4) is 0 Å². The largest absolute Gasteiger partial charge is 0.245 e. The first kappa shape index (κ1) is 14.2. The first-order chi connectivity index (χ1) is 9.58.